The number of rotatable bonds is 1. The molecule has 1 rings (SSSR count). The van der Waals surface area contributed by atoms with Gasteiger partial charge >= 0.3 is 6.18 Å². The van der Waals surface area contributed by atoms with Crippen molar-refractivity contribution in [2.24, 2.45) is 5.14 Å². The molecule has 1 aromatic rings. The van der Waals surface area contributed by atoms with Gasteiger partial charge in [-0.05, 0) is 28.1 Å². The van der Waals surface area contributed by atoms with Gasteiger partial charge in [0.05, 0.1) is 5.56 Å². The molecule has 0 bridgehead atoms. The summed E-state index contributed by atoms with van der Waals surface area (Å²) in [6.07, 6.45) is -4.89. The highest BCUT2D eigenvalue weighted by Crippen LogP contribution is 2.40. The lowest BCUT2D eigenvalue weighted by molar-refractivity contribution is -0.139. The van der Waals surface area contributed by atoms with E-state index in [2.05, 4.69) is 15.9 Å². The Kier molecular flexibility index (Phi) is 3.23. The molecule has 0 aliphatic rings. The fourth-order valence-electron chi connectivity index (χ4n) is 1.14. The van der Waals surface area contributed by atoms with Gasteiger partial charge < -0.3 is 5.73 Å². The summed E-state index contributed by atoms with van der Waals surface area (Å²) < 4.78 is 59.6. The van der Waals surface area contributed by atoms with E-state index in [0.29, 0.717) is 0 Å². The molecule has 9 heteroatoms. The molecule has 0 aliphatic carbocycles. The summed E-state index contributed by atoms with van der Waals surface area (Å²) in [5.41, 5.74) is 2.96. The van der Waals surface area contributed by atoms with Crippen LogP contribution in [0.1, 0.15) is 5.56 Å². The van der Waals surface area contributed by atoms with Crippen molar-refractivity contribution in [1.29, 1.82) is 0 Å². The van der Waals surface area contributed by atoms with Crippen LogP contribution in [0.2, 0.25) is 0 Å². The van der Waals surface area contributed by atoms with E-state index in [1.807, 2.05) is 0 Å². The van der Waals surface area contributed by atoms with Gasteiger partial charge in [0.2, 0.25) is 10.0 Å². The van der Waals surface area contributed by atoms with Crippen LogP contribution in [0.4, 0.5) is 18.9 Å². The number of hydrogen-bond acceptors (Lipinski definition) is 3. The number of primary sulfonamides is 1. The molecule has 0 amide bonds. The Morgan fingerprint density at radius 2 is 1.75 bits per heavy atom. The number of nitrogen functional groups attached to an aromatic ring is 1. The number of anilines is 1. The van der Waals surface area contributed by atoms with Crippen molar-refractivity contribution in [2.45, 2.75) is 11.1 Å². The van der Waals surface area contributed by atoms with Crippen LogP contribution in [0.25, 0.3) is 0 Å². The Hall–Kier alpha value is -0.800. The minimum atomic E-state index is -4.89. The summed E-state index contributed by atoms with van der Waals surface area (Å²) >= 11 is 2.69. The number of hydrogen-bond donors (Lipinski definition) is 2. The highest BCUT2D eigenvalue weighted by molar-refractivity contribution is 9.10. The first-order valence-corrected chi connectivity index (χ1v) is 6.07. The van der Waals surface area contributed by atoms with Crippen molar-refractivity contribution >= 4 is 31.6 Å². The Balaban J connectivity index is 3.78. The van der Waals surface area contributed by atoms with E-state index in [4.69, 9.17) is 10.9 Å². The molecule has 4 nitrogen and oxygen atoms in total. The minimum Gasteiger partial charge on any atom is -0.398 e. The van der Waals surface area contributed by atoms with Gasteiger partial charge in [0.25, 0.3) is 0 Å². The van der Waals surface area contributed by atoms with Crippen molar-refractivity contribution in [3.8, 4) is 0 Å². The average molecular weight is 319 g/mol. The maximum Gasteiger partial charge on any atom is 0.419 e. The standard InChI is InChI=1S/C7H6BrF3N2O2S/c8-3-1-2-4(12)5(7(9,10)11)6(3)16(13,14)15/h1-2H,12H2,(H2,13,14,15). The SMILES string of the molecule is Nc1ccc(Br)c(S(N)(=O)=O)c1C(F)(F)F. The molecule has 0 aromatic heterocycles. The van der Waals surface area contributed by atoms with Crippen LogP contribution in [0.15, 0.2) is 21.5 Å². The van der Waals surface area contributed by atoms with Crippen molar-refractivity contribution in [3.05, 3.63) is 22.2 Å². The summed E-state index contributed by atoms with van der Waals surface area (Å²) in [6.45, 7) is 0. The lowest BCUT2D eigenvalue weighted by Gasteiger charge is -2.15. The van der Waals surface area contributed by atoms with Crippen molar-refractivity contribution in [2.75, 3.05) is 5.73 Å². The third-order valence-electron chi connectivity index (χ3n) is 1.71. The zero-order valence-corrected chi connectivity index (χ0v) is 9.95. The van der Waals surface area contributed by atoms with Crippen molar-refractivity contribution in [1.82, 2.24) is 0 Å². The highest BCUT2D eigenvalue weighted by atomic mass is 79.9. The number of nitrogens with two attached hydrogens (primary N) is 2. The Bertz CT molecular complexity index is 527. The van der Waals surface area contributed by atoms with Gasteiger partial charge in [-0.25, -0.2) is 13.6 Å². The van der Waals surface area contributed by atoms with E-state index < -0.39 is 32.3 Å². The van der Waals surface area contributed by atoms with Gasteiger partial charge in [-0.3, -0.25) is 0 Å². The first kappa shape index (κ1) is 13.3. The van der Waals surface area contributed by atoms with E-state index in [1.165, 1.54) is 0 Å². The molecular formula is C7H6BrF3N2O2S. The van der Waals surface area contributed by atoms with E-state index >= 15 is 0 Å². The monoisotopic (exact) mass is 318 g/mol. The third kappa shape index (κ3) is 2.47. The maximum atomic E-state index is 12.6. The van der Waals surface area contributed by atoms with Gasteiger partial charge in [-0.2, -0.15) is 13.2 Å². The van der Waals surface area contributed by atoms with Crippen molar-refractivity contribution in [3.63, 3.8) is 0 Å². The summed E-state index contributed by atoms with van der Waals surface area (Å²) in [7, 11) is -4.52. The van der Waals surface area contributed by atoms with Crippen LogP contribution in [0.3, 0.4) is 0 Å². The van der Waals surface area contributed by atoms with Gasteiger partial charge in [-0.15, -0.1) is 0 Å². The number of alkyl halides is 3. The normalized spacial score (nSPS) is 12.8. The predicted octanol–water partition coefficient (Wildman–Crippen LogP) is 1.70. The van der Waals surface area contributed by atoms with Crippen molar-refractivity contribution < 1.29 is 21.6 Å². The van der Waals surface area contributed by atoms with Gasteiger partial charge in [0.15, 0.2) is 0 Å². The smallest absolute Gasteiger partial charge is 0.398 e. The molecule has 1 aromatic carbocycles. The Labute approximate surface area is 97.6 Å². The first-order chi connectivity index (χ1) is 7.05. The number of sulfonamides is 1. The zero-order valence-electron chi connectivity index (χ0n) is 7.55. The molecule has 0 fully saturated rings. The van der Waals surface area contributed by atoms with Gasteiger partial charge in [-0.1, -0.05) is 0 Å². The molecule has 0 heterocycles. The molecule has 0 saturated carbocycles. The molecule has 4 N–H and O–H groups in total. The van der Waals surface area contributed by atoms with E-state index in [0.717, 1.165) is 12.1 Å². The molecule has 16 heavy (non-hydrogen) atoms. The van der Waals surface area contributed by atoms with Crippen LogP contribution in [-0.4, -0.2) is 8.42 Å². The second-order valence-corrected chi connectivity index (χ2v) is 5.24. The van der Waals surface area contributed by atoms with E-state index in [1.54, 1.807) is 0 Å². The molecule has 0 unspecified atom stereocenters. The van der Waals surface area contributed by atoms with E-state index in [-0.39, 0.29) is 4.47 Å². The number of halogens is 4. The number of benzene rings is 1. The Morgan fingerprint density at radius 3 is 2.06 bits per heavy atom. The maximum absolute atomic E-state index is 12.6. The minimum absolute atomic E-state index is 0.281. The lowest BCUT2D eigenvalue weighted by atomic mass is 10.2. The van der Waals surface area contributed by atoms with Crippen LogP contribution in [0.5, 0.6) is 0 Å². The molecular weight excluding hydrogens is 313 g/mol. The van der Waals surface area contributed by atoms with Crippen LogP contribution < -0.4 is 10.9 Å². The van der Waals surface area contributed by atoms with Gasteiger partial charge in [0, 0.05) is 10.2 Å². The molecule has 0 atom stereocenters. The quantitative estimate of drug-likeness (QED) is 0.773. The molecule has 0 aliphatic heterocycles. The average Bonchev–Trinajstić information content (AvgIpc) is 2.04. The summed E-state index contributed by atoms with van der Waals surface area (Å²) in [6, 6.07) is 2.03. The summed E-state index contributed by atoms with van der Waals surface area (Å²) in [4.78, 5) is -1.06. The second-order valence-electron chi connectivity index (χ2n) is 2.88. The predicted molar refractivity (Wildman–Crippen MR) is 54.9 cm³/mol. The van der Waals surface area contributed by atoms with Crippen LogP contribution in [-0.2, 0) is 16.2 Å². The second kappa shape index (κ2) is 3.90. The largest absolute Gasteiger partial charge is 0.419 e. The van der Waals surface area contributed by atoms with Gasteiger partial charge in [0.1, 0.15) is 4.90 Å². The topological polar surface area (TPSA) is 86.2 Å². The molecule has 0 spiro atoms. The third-order valence-corrected chi connectivity index (χ3v) is 3.63. The Morgan fingerprint density at radius 1 is 1.25 bits per heavy atom. The van der Waals surface area contributed by atoms with E-state index in [9.17, 15) is 21.6 Å². The fraction of sp³-hybridized carbons (Fsp3) is 0.143. The van der Waals surface area contributed by atoms with Crippen LogP contribution in [0, 0.1) is 0 Å². The molecule has 90 valence electrons. The molecule has 0 radical (unpaired) electrons. The first-order valence-electron chi connectivity index (χ1n) is 3.73. The lowest BCUT2D eigenvalue weighted by Crippen LogP contribution is -2.21. The summed E-state index contributed by atoms with van der Waals surface area (Å²) in [5, 5.41) is 4.71. The van der Waals surface area contributed by atoms with Crippen LogP contribution >= 0.6 is 15.9 Å². The summed E-state index contributed by atoms with van der Waals surface area (Å²) in [5.74, 6) is 0. The zero-order chi connectivity index (χ0) is 12.7. The highest BCUT2D eigenvalue weighted by Gasteiger charge is 2.39. The molecule has 0 saturated heterocycles. The fourth-order valence-corrected chi connectivity index (χ4v) is 3.01.